The van der Waals surface area contributed by atoms with E-state index in [9.17, 15) is 9.59 Å². The van der Waals surface area contributed by atoms with Crippen LogP contribution in [0.2, 0.25) is 0 Å². The van der Waals surface area contributed by atoms with Crippen molar-refractivity contribution < 1.29 is 14.3 Å². The van der Waals surface area contributed by atoms with E-state index in [2.05, 4.69) is 10.1 Å². The van der Waals surface area contributed by atoms with Crippen LogP contribution in [0.3, 0.4) is 0 Å². The Hall–Kier alpha value is -1.59. The van der Waals surface area contributed by atoms with Gasteiger partial charge in [-0.25, -0.2) is 0 Å². The van der Waals surface area contributed by atoms with Gasteiger partial charge in [-0.15, -0.1) is 12.4 Å². The number of esters is 1. The third-order valence-corrected chi connectivity index (χ3v) is 3.32. The lowest BCUT2D eigenvalue weighted by molar-refractivity contribution is -0.141. The summed E-state index contributed by atoms with van der Waals surface area (Å²) in [6, 6.07) is 8.68. The molecule has 3 N–H and O–H groups in total. The van der Waals surface area contributed by atoms with Crippen LogP contribution in [0, 0.1) is 5.92 Å². The number of amides is 1. The molecule has 3 atom stereocenters. The molecule has 0 aliphatic heterocycles. The Balaban J connectivity index is 0.00000400. The van der Waals surface area contributed by atoms with Crippen LogP contribution in [-0.4, -0.2) is 25.0 Å². The second-order valence-corrected chi connectivity index (χ2v) is 4.90. The highest BCUT2D eigenvalue weighted by Crippen LogP contribution is 2.18. The van der Waals surface area contributed by atoms with Crippen molar-refractivity contribution in [1.29, 1.82) is 0 Å². The van der Waals surface area contributed by atoms with Gasteiger partial charge in [0.05, 0.1) is 19.6 Å². The number of methoxy groups -OCH3 is 1. The molecule has 1 aromatic rings. The molecule has 0 heterocycles. The Labute approximate surface area is 131 Å². The maximum absolute atomic E-state index is 12.1. The van der Waals surface area contributed by atoms with E-state index in [0.29, 0.717) is 0 Å². The molecule has 5 nitrogen and oxygen atoms in total. The van der Waals surface area contributed by atoms with Crippen LogP contribution in [0.1, 0.15) is 31.9 Å². The predicted octanol–water partition coefficient (Wildman–Crippen LogP) is 1.81. The quantitative estimate of drug-likeness (QED) is 0.785. The molecule has 0 aromatic heterocycles. The van der Waals surface area contributed by atoms with Gasteiger partial charge in [0.2, 0.25) is 5.91 Å². The zero-order valence-electron chi connectivity index (χ0n) is 12.5. The maximum atomic E-state index is 12.1. The predicted molar refractivity (Wildman–Crippen MR) is 84.0 cm³/mol. The topological polar surface area (TPSA) is 81.4 Å². The molecule has 6 heteroatoms. The lowest BCUT2D eigenvalue weighted by Gasteiger charge is -2.22. The fourth-order valence-electron chi connectivity index (χ4n) is 1.73. The zero-order valence-corrected chi connectivity index (χ0v) is 13.4. The molecular formula is C15H23ClN2O3. The summed E-state index contributed by atoms with van der Waals surface area (Å²) in [5, 5.41) is 2.86. The molecule has 118 valence electrons. The summed E-state index contributed by atoms with van der Waals surface area (Å²) in [4.78, 5) is 23.6. The Kier molecular flexibility index (Phi) is 8.66. The summed E-state index contributed by atoms with van der Waals surface area (Å²) < 4.78 is 4.68. The molecule has 0 aliphatic carbocycles. The molecule has 0 aliphatic rings. The van der Waals surface area contributed by atoms with E-state index in [-0.39, 0.29) is 42.7 Å². The number of nitrogens with two attached hydrogens (primary N) is 1. The summed E-state index contributed by atoms with van der Waals surface area (Å²) in [6.07, 6.45) is 0.0952. The average Bonchev–Trinajstić information content (AvgIpc) is 2.46. The van der Waals surface area contributed by atoms with Crippen LogP contribution in [0.5, 0.6) is 0 Å². The number of nitrogens with one attached hydrogen (secondary N) is 1. The molecule has 0 fully saturated rings. The van der Waals surface area contributed by atoms with Crippen LogP contribution < -0.4 is 11.1 Å². The van der Waals surface area contributed by atoms with Crippen molar-refractivity contribution in [2.24, 2.45) is 11.7 Å². The van der Waals surface area contributed by atoms with E-state index >= 15 is 0 Å². The van der Waals surface area contributed by atoms with Crippen LogP contribution in [-0.2, 0) is 14.3 Å². The molecule has 0 radical (unpaired) electrons. The normalized spacial score (nSPS) is 14.3. The van der Waals surface area contributed by atoms with E-state index in [1.54, 1.807) is 13.8 Å². The van der Waals surface area contributed by atoms with Crippen LogP contribution >= 0.6 is 12.4 Å². The first-order valence-corrected chi connectivity index (χ1v) is 6.63. The molecule has 21 heavy (non-hydrogen) atoms. The molecule has 0 saturated heterocycles. The number of ether oxygens (including phenoxy) is 1. The van der Waals surface area contributed by atoms with Crippen LogP contribution in [0.25, 0.3) is 0 Å². The Morgan fingerprint density at radius 3 is 2.29 bits per heavy atom. The number of carbonyl (C=O) groups excluding carboxylic acids is 2. The van der Waals surface area contributed by atoms with E-state index in [0.717, 1.165) is 5.56 Å². The first-order chi connectivity index (χ1) is 9.45. The minimum Gasteiger partial charge on any atom is -0.469 e. The number of rotatable bonds is 6. The Bertz CT molecular complexity index is 451. The third-order valence-electron chi connectivity index (χ3n) is 3.32. The van der Waals surface area contributed by atoms with Crippen molar-refractivity contribution in [2.45, 2.75) is 32.4 Å². The number of hydrogen-bond acceptors (Lipinski definition) is 4. The van der Waals surface area contributed by atoms with Crippen molar-refractivity contribution in [3.8, 4) is 0 Å². The van der Waals surface area contributed by atoms with Gasteiger partial charge in [-0.05, 0) is 12.5 Å². The SMILES string of the molecule is COC(=O)CC(NC(=O)C(C)C(C)N)c1ccccc1.Cl. The van der Waals surface area contributed by atoms with Gasteiger partial charge in [0, 0.05) is 12.0 Å². The lowest BCUT2D eigenvalue weighted by atomic mass is 10.00. The van der Waals surface area contributed by atoms with Crippen LogP contribution in [0.4, 0.5) is 0 Å². The highest BCUT2D eigenvalue weighted by atomic mass is 35.5. The maximum Gasteiger partial charge on any atom is 0.307 e. The molecule has 0 spiro atoms. The molecule has 0 saturated carbocycles. The van der Waals surface area contributed by atoms with Gasteiger partial charge < -0.3 is 15.8 Å². The molecule has 1 rings (SSSR count). The monoisotopic (exact) mass is 314 g/mol. The fraction of sp³-hybridized carbons (Fsp3) is 0.467. The lowest BCUT2D eigenvalue weighted by Crippen LogP contribution is -2.40. The standard InChI is InChI=1S/C15H22N2O3.ClH/c1-10(11(2)16)15(19)17-13(9-14(18)20-3)12-7-5-4-6-8-12;/h4-8,10-11,13H,9,16H2,1-3H3,(H,17,19);1H. The van der Waals surface area contributed by atoms with Gasteiger partial charge in [-0.1, -0.05) is 37.3 Å². The molecule has 1 aromatic carbocycles. The van der Waals surface area contributed by atoms with Gasteiger partial charge in [-0.2, -0.15) is 0 Å². The molecule has 0 bridgehead atoms. The van der Waals surface area contributed by atoms with Crippen molar-refractivity contribution >= 4 is 24.3 Å². The second-order valence-electron chi connectivity index (χ2n) is 4.90. The zero-order chi connectivity index (χ0) is 15.1. The summed E-state index contributed by atoms with van der Waals surface area (Å²) in [6.45, 7) is 3.54. The van der Waals surface area contributed by atoms with E-state index < -0.39 is 6.04 Å². The Morgan fingerprint density at radius 1 is 1.24 bits per heavy atom. The van der Waals surface area contributed by atoms with E-state index in [4.69, 9.17) is 5.73 Å². The minimum atomic E-state index is -0.405. The first kappa shape index (κ1) is 19.4. The summed E-state index contributed by atoms with van der Waals surface area (Å²) >= 11 is 0. The van der Waals surface area contributed by atoms with Crippen molar-refractivity contribution in [3.63, 3.8) is 0 Å². The molecular weight excluding hydrogens is 292 g/mol. The highest BCUT2D eigenvalue weighted by molar-refractivity contribution is 5.85. The Morgan fingerprint density at radius 2 is 1.81 bits per heavy atom. The van der Waals surface area contributed by atoms with Gasteiger partial charge in [0.15, 0.2) is 0 Å². The van der Waals surface area contributed by atoms with Crippen molar-refractivity contribution in [1.82, 2.24) is 5.32 Å². The van der Waals surface area contributed by atoms with Crippen LogP contribution in [0.15, 0.2) is 30.3 Å². The van der Waals surface area contributed by atoms with E-state index in [1.807, 2.05) is 30.3 Å². The first-order valence-electron chi connectivity index (χ1n) is 6.63. The highest BCUT2D eigenvalue weighted by Gasteiger charge is 2.23. The third kappa shape index (κ3) is 6.14. The minimum absolute atomic E-state index is 0. The number of halogens is 1. The largest absolute Gasteiger partial charge is 0.469 e. The van der Waals surface area contributed by atoms with Crippen molar-refractivity contribution in [2.75, 3.05) is 7.11 Å². The number of hydrogen-bond donors (Lipinski definition) is 2. The fourth-order valence-corrected chi connectivity index (χ4v) is 1.73. The van der Waals surface area contributed by atoms with E-state index in [1.165, 1.54) is 7.11 Å². The van der Waals surface area contributed by atoms with Gasteiger partial charge in [0.1, 0.15) is 0 Å². The van der Waals surface area contributed by atoms with Gasteiger partial charge in [-0.3, -0.25) is 9.59 Å². The summed E-state index contributed by atoms with van der Waals surface area (Å²) in [7, 11) is 1.33. The smallest absolute Gasteiger partial charge is 0.307 e. The molecule has 3 unspecified atom stereocenters. The summed E-state index contributed by atoms with van der Waals surface area (Å²) in [5.74, 6) is -0.857. The average molecular weight is 315 g/mol. The number of benzene rings is 1. The van der Waals surface area contributed by atoms with Gasteiger partial charge in [0.25, 0.3) is 0 Å². The molecule has 1 amide bonds. The second kappa shape index (κ2) is 9.37. The van der Waals surface area contributed by atoms with Gasteiger partial charge >= 0.3 is 5.97 Å². The summed E-state index contributed by atoms with van der Waals surface area (Å²) in [5.41, 5.74) is 6.59. The number of carbonyl (C=O) groups is 2. The van der Waals surface area contributed by atoms with Crippen molar-refractivity contribution in [3.05, 3.63) is 35.9 Å².